The van der Waals surface area contributed by atoms with Crippen molar-refractivity contribution in [3.8, 4) is 11.5 Å². The predicted molar refractivity (Wildman–Crippen MR) is 144 cm³/mol. The number of methoxy groups -OCH3 is 2. The number of amides is 2. The largest absolute Gasteiger partial charge is 0.497 e. The third-order valence-electron chi connectivity index (χ3n) is 6.81. The normalized spacial score (nSPS) is 17.8. The fourth-order valence-electron chi connectivity index (χ4n) is 4.77. The summed E-state index contributed by atoms with van der Waals surface area (Å²) in [6.07, 6.45) is 1.06. The number of piperazine rings is 1. The highest BCUT2D eigenvalue weighted by Gasteiger charge is 2.44. The van der Waals surface area contributed by atoms with Crippen molar-refractivity contribution in [2.45, 2.75) is 25.3 Å². The number of piperidine rings is 1. The van der Waals surface area contributed by atoms with E-state index in [1.54, 1.807) is 25.6 Å². The molecule has 2 amide bonds. The van der Waals surface area contributed by atoms with E-state index in [2.05, 4.69) is 20.7 Å². The molecule has 2 aromatic rings. The number of benzene rings is 1. The number of carbonyl (C=O) groups is 2. The summed E-state index contributed by atoms with van der Waals surface area (Å²) >= 11 is 1.56. The standard InChI is InChI=1S/C26H35N5O5S/c1-19(23-5-4-16-37-23)29-36-18-24(32)28-26(8-10-27-11-9-26)25(33)31-14-12-30(13-15-31)21-7-6-20(34-2)17-22(21)35-3/h4-7,16-17,27H,8-15,18H2,1-3H3,(H,28,32). The molecule has 4 rings (SSSR count). The summed E-state index contributed by atoms with van der Waals surface area (Å²) in [5, 5.41) is 12.3. The number of oxime groups is 1. The average Bonchev–Trinajstić information content (AvgIpc) is 3.48. The van der Waals surface area contributed by atoms with Gasteiger partial charge in [0.05, 0.1) is 30.5 Å². The molecule has 11 heteroatoms. The Labute approximate surface area is 221 Å². The van der Waals surface area contributed by atoms with Crippen LogP contribution in [0.4, 0.5) is 5.69 Å². The van der Waals surface area contributed by atoms with Gasteiger partial charge in [-0.05, 0) is 56.4 Å². The molecule has 2 fully saturated rings. The van der Waals surface area contributed by atoms with Crippen LogP contribution >= 0.6 is 11.3 Å². The fraction of sp³-hybridized carbons (Fsp3) is 0.500. The molecular formula is C26H35N5O5S. The number of anilines is 1. The molecule has 200 valence electrons. The Balaban J connectivity index is 1.37. The minimum atomic E-state index is -0.946. The van der Waals surface area contributed by atoms with Gasteiger partial charge in [0.15, 0.2) is 6.61 Å². The molecule has 2 saturated heterocycles. The van der Waals surface area contributed by atoms with Crippen LogP contribution in [0.25, 0.3) is 0 Å². The number of nitrogens with one attached hydrogen (secondary N) is 2. The Kier molecular flexibility index (Phi) is 8.88. The summed E-state index contributed by atoms with van der Waals surface area (Å²) in [7, 11) is 3.26. The second-order valence-electron chi connectivity index (χ2n) is 9.12. The van der Waals surface area contributed by atoms with Crippen LogP contribution in [-0.2, 0) is 14.4 Å². The zero-order valence-electron chi connectivity index (χ0n) is 21.6. The van der Waals surface area contributed by atoms with Crippen molar-refractivity contribution in [2.24, 2.45) is 5.16 Å². The maximum absolute atomic E-state index is 13.8. The molecule has 0 spiro atoms. The van der Waals surface area contributed by atoms with Gasteiger partial charge in [-0.1, -0.05) is 11.2 Å². The van der Waals surface area contributed by atoms with E-state index in [4.69, 9.17) is 14.3 Å². The number of hydrogen-bond acceptors (Lipinski definition) is 9. The highest BCUT2D eigenvalue weighted by Crippen LogP contribution is 2.33. The van der Waals surface area contributed by atoms with Crippen molar-refractivity contribution in [1.82, 2.24) is 15.5 Å². The molecule has 0 bridgehead atoms. The zero-order chi connectivity index (χ0) is 26.3. The molecule has 0 saturated carbocycles. The summed E-state index contributed by atoms with van der Waals surface area (Å²) in [4.78, 5) is 36.9. The molecule has 2 aliphatic heterocycles. The van der Waals surface area contributed by atoms with Crippen LogP contribution in [0.1, 0.15) is 24.6 Å². The summed E-state index contributed by atoms with van der Waals surface area (Å²) in [5.74, 6) is 1.08. The third kappa shape index (κ3) is 6.34. The number of rotatable bonds is 9. The first-order chi connectivity index (χ1) is 18.0. The monoisotopic (exact) mass is 529 g/mol. The molecule has 2 N–H and O–H groups in total. The second kappa shape index (κ2) is 12.3. The lowest BCUT2D eigenvalue weighted by atomic mass is 9.86. The molecule has 1 aromatic carbocycles. The van der Waals surface area contributed by atoms with E-state index in [-0.39, 0.29) is 18.4 Å². The van der Waals surface area contributed by atoms with Crippen molar-refractivity contribution in [3.63, 3.8) is 0 Å². The Hall–Kier alpha value is -3.31. The van der Waals surface area contributed by atoms with Crippen molar-refractivity contribution in [3.05, 3.63) is 40.6 Å². The van der Waals surface area contributed by atoms with E-state index in [9.17, 15) is 9.59 Å². The summed E-state index contributed by atoms with van der Waals surface area (Å²) in [6, 6.07) is 9.63. The maximum Gasteiger partial charge on any atom is 0.261 e. The van der Waals surface area contributed by atoms with Crippen LogP contribution < -0.4 is 25.0 Å². The molecule has 37 heavy (non-hydrogen) atoms. The van der Waals surface area contributed by atoms with Gasteiger partial charge in [-0.3, -0.25) is 9.59 Å². The van der Waals surface area contributed by atoms with Crippen LogP contribution in [0.5, 0.6) is 11.5 Å². The number of ether oxygens (including phenoxy) is 2. The third-order valence-corrected chi connectivity index (χ3v) is 7.79. The van der Waals surface area contributed by atoms with Crippen LogP contribution in [0.15, 0.2) is 40.9 Å². The van der Waals surface area contributed by atoms with Crippen LogP contribution in [0.2, 0.25) is 0 Å². The predicted octanol–water partition coefficient (Wildman–Crippen LogP) is 2.09. The number of carbonyl (C=O) groups excluding carboxylic acids is 2. The molecule has 3 heterocycles. The Morgan fingerprint density at radius 3 is 2.51 bits per heavy atom. The van der Waals surface area contributed by atoms with Crippen LogP contribution in [-0.4, -0.2) is 88.1 Å². The smallest absolute Gasteiger partial charge is 0.261 e. The molecule has 1 aromatic heterocycles. The van der Waals surface area contributed by atoms with E-state index in [0.29, 0.717) is 57.8 Å². The zero-order valence-corrected chi connectivity index (χ0v) is 22.4. The van der Waals surface area contributed by atoms with Crippen molar-refractivity contribution < 1.29 is 23.9 Å². The van der Waals surface area contributed by atoms with Crippen molar-refractivity contribution in [2.75, 3.05) is 65.0 Å². The van der Waals surface area contributed by atoms with Gasteiger partial charge in [0.2, 0.25) is 5.91 Å². The number of hydrogen-bond donors (Lipinski definition) is 2. The van der Waals surface area contributed by atoms with Crippen LogP contribution in [0, 0.1) is 0 Å². The lowest BCUT2D eigenvalue weighted by molar-refractivity contribution is -0.144. The minimum absolute atomic E-state index is 0.0398. The number of nitrogens with zero attached hydrogens (tertiary/aromatic N) is 3. The molecule has 0 radical (unpaired) electrons. The second-order valence-corrected chi connectivity index (χ2v) is 10.1. The number of thiophene rings is 1. The lowest BCUT2D eigenvalue weighted by Gasteiger charge is -2.43. The van der Waals surface area contributed by atoms with Crippen molar-refractivity contribution >= 4 is 34.6 Å². The Bertz CT molecular complexity index is 1090. The molecule has 0 unspecified atom stereocenters. The van der Waals surface area contributed by atoms with E-state index >= 15 is 0 Å². The van der Waals surface area contributed by atoms with Gasteiger partial charge >= 0.3 is 0 Å². The van der Waals surface area contributed by atoms with Crippen molar-refractivity contribution in [1.29, 1.82) is 0 Å². The van der Waals surface area contributed by atoms with Gasteiger partial charge in [-0.15, -0.1) is 11.3 Å². The van der Waals surface area contributed by atoms with Gasteiger partial charge in [-0.2, -0.15) is 0 Å². The first-order valence-corrected chi connectivity index (χ1v) is 13.3. The van der Waals surface area contributed by atoms with Gasteiger partial charge in [0.1, 0.15) is 17.0 Å². The van der Waals surface area contributed by atoms with E-state index in [1.165, 1.54) is 0 Å². The van der Waals surface area contributed by atoms with E-state index < -0.39 is 5.54 Å². The maximum atomic E-state index is 13.8. The SMILES string of the molecule is COc1ccc(N2CCN(C(=O)C3(NC(=O)CON=C(C)c4cccs4)CCNCC3)CC2)c(OC)c1. The Morgan fingerprint density at radius 2 is 1.86 bits per heavy atom. The molecule has 0 aliphatic carbocycles. The van der Waals surface area contributed by atoms with E-state index in [0.717, 1.165) is 22.1 Å². The molecule has 0 atom stereocenters. The first-order valence-electron chi connectivity index (χ1n) is 12.4. The molecular weight excluding hydrogens is 494 g/mol. The molecule has 10 nitrogen and oxygen atoms in total. The quantitative estimate of drug-likeness (QED) is 0.379. The highest BCUT2D eigenvalue weighted by molar-refractivity contribution is 7.12. The van der Waals surface area contributed by atoms with E-state index in [1.807, 2.05) is 47.5 Å². The van der Waals surface area contributed by atoms with Gasteiger partial charge in [-0.25, -0.2) is 0 Å². The first kappa shape index (κ1) is 26.7. The summed E-state index contributed by atoms with van der Waals surface area (Å²) < 4.78 is 10.9. The minimum Gasteiger partial charge on any atom is -0.497 e. The van der Waals surface area contributed by atoms with Gasteiger partial charge in [0, 0.05) is 32.2 Å². The van der Waals surface area contributed by atoms with Gasteiger partial charge < -0.3 is 34.7 Å². The Morgan fingerprint density at radius 1 is 1.11 bits per heavy atom. The average molecular weight is 530 g/mol. The van der Waals surface area contributed by atoms with Crippen LogP contribution in [0.3, 0.4) is 0 Å². The summed E-state index contributed by atoms with van der Waals surface area (Å²) in [6.45, 7) is 5.35. The summed E-state index contributed by atoms with van der Waals surface area (Å²) in [5.41, 5.74) is 0.732. The lowest BCUT2D eigenvalue weighted by Crippen LogP contribution is -2.65. The molecule has 2 aliphatic rings. The highest BCUT2D eigenvalue weighted by atomic mass is 32.1. The fourth-order valence-corrected chi connectivity index (χ4v) is 5.43. The topological polar surface area (TPSA) is 105 Å². The van der Waals surface area contributed by atoms with Gasteiger partial charge in [0.25, 0.3) is 5.91 Å².